The molecule has 0 bridgehead atoms. The molecule has 1 saturated heterocycles. The maximum absolute atomic E-state index is 13.0. The van der Waals surface area contributed by atoms with Gasteiger partial charge in [0.25, 0.3) is 5.91 Å². The predicted molar refractivity (Wildman–Crippen MR) is 106 cm³/mol. The lowest BCUT2D eigenvalue weighted by atomic mass is 9.95. The molecule has 4 rings (SSSR count). The van der Waals surface area contributed by atoms with Crippen LogP contribution in [0.25, 0.3) is 11.3 Å². The van der Waals surface area contributed by atoms with Gasteiger partial charge in [0.1, 0.15) is 0 Å². The molecule has 1 fully saturated rings. The average Bonchev–Trinajstić information content (AvgIpc) is 3.14. The quantitative estimate of drug-likeness (QED) is 0.672. The molecule has 3 heterocycles. The highest BCUT2D eigenvalue weighted by Crippen LogP contribution is 2.32. The first-order valence-corrected chi connectivity index (χ1v) is 9.51. The third-order valence-corrected chi connectivity index (χ3v) is 5.24. The second-order valence-corrected chi connectivity index (χ2v) is 7.34. The van der Waals surface area contributed by atoms with Crippen LogP contribution in [0.5, 0.6) is 0 Å². The predicted octanol–water partition coefficient (Wildman–Crippen LogP) is 4.50. The minimum Gasteiger partial charge on any atom is -0.331 e. The number of hydrogen-bond acceptors (Lipinski definition) is 3. The van der Waals surface area contributed by atoms with Crippen LogP contribution in [0.4, 0.5) is 0 Å². The Balaban J connectivity index is 1.59. The van der Waals surface area contributed by atoms with Gasteiger partial charge in [-0.2, -0.15) is 5.10 Å². The van der Waals surface area contributed by atoms with E-state index in [9.17, 15) is 4.79 Å². The minimum atomic E-state index is 0.0340. The summed E-state index contributed by atoms with van der Waals surface area (Å²) in [4.78, 5) is 19.5. The molecule has 1 aromatic carbocycles. The van der Waals surface area contributed by atoms with Crippen LogP contribution in [-0.2, 0) is 7.05 Å². The van der Waals surface area contributed by atoms with Crippen LogP contribution < -0.4 is 0 Å². The van der Waals surface area contributed by atoms with Gasteiger partial charge in [-0.3, -0.25) is 14.5 Å². The highest BCUT2D eigenvalue weighted by molar-refractivity contribution is 6.30. The van der Waals surface area contributed by atoms with Gasteiger partial charge in [-0.15, -0.1) is 0 Å². The van der Waals surface area contributed by atoms with Crippen molar-refractivity contribution >= 4 is 17.5 Å². The van der Waals surface area contributed by atoms with Crippen LogP contribution in [0.2, 0.25) is 5.02 Å². The number of piperidine rings is 1. The largest absolute Gasteiger partial charge is 0.331 e. The number of nitrogens with zero attached hydrogens (tertiary/aromatic N) is 4. The van der Waals surface area contributed by atoms with E-state index in [-0.39, 0.29) is 11.9 Å². The maximum atomic E-state index is 13.0. The van der Waals surface area contributed by atoms with E-state index in [0.717, 1.165) is 42.6 Å². The summed E-state index contributed by atoms with van der Waals surface area (Å²) >= 11 is 6.08. The molecular weight excluding hydrogens is 360 g/mol. The fourth-order valence-electron chi connectivity index (χ4n) is 3.64. The third kappa shape index (κ3) is 3.74. The van der Waals surface area contributed by atoms with Crippen LogP contribution in [0.3, 0.4) is 0 Å². The molecule has 27 heavy (non-hydrogen) atoms. The molecule has 5 nitrogen and oxygen atoms in total. The Bertz CT molecular complexity index is 951. The molecule has 0 unspecified atom stereocenters. The van der Waals surface area contributed by atoms with Gasteiger partial charge in [0.15, 0.2) is 0 Å². The molecule has 138 valence electrons. The van der Waals surface area contributed by atoms with E-state index >= 15 is 0 Å². The zero-order chi connectivity index (χ0) is 18.8. The molecule has 0 saturated carbocycles. The van der Waals surface area contributed by atoms with E-state index in [4.69, 9.17) is 11.6 Å². The first kappa shape index (κ1) is 17.7. The van der Waals surface area contributed by atoms with Crippen molar-refractivity contribution in [3.63, 3.8) is 0 Å². The Morgan fingerprint density at radius 3 is 2.78 bits per heavy atom. The number of aryl methyl sites for hydroxylation is 1. The fraction of sp³-hybridized carbons (Fsp3) is 0.286. The summed E-state index contributed by atoms with van der Waals surface area (Å²) in [6.07, 6.45) is 8.37. The number of benzene rings is 1. The van der Waals surface area contributed by atoms with Gasteiger partial charge in [0, 0.05) is 36.6 Å². The first-order valence-electron chi connectivity index (χ1n) is 9.13. The molecule has 1 aliphatic rings. The zero-order valence-electron chi connectivity index (χ0n) is 15.2. The Labute approximate surface area is 163 Å². The van der Waals surface area contributed by atoms with Crippen molar-refractivity contribution in [2.24, 2.45) is 7.05 Å². The van der Waals surface area contributed by atoms with Crippen molar-refractivity contribution < 1.29 is 4.79 Å². The smallest absolute Gasteiger partial charge is 0.257 e. The second-order valence-electron chi connectivity index (χ2n) is 6.90. The average molecular weight is 381 g/mol. The van der Waals surface area contributed by atoms with Gasteiger partial charge in [-0.1, -0.05) is 29.8 Å². The molecular formula is C21H21ClN4O. The first-order chi connectivity index (χ1) is 13.1. The number of likely N-dealkylation sites (tertiary alicyclic amines) is 1. The molecule has 1 atom stereocenters. The summed E-state index contributed by atoms with van der Waals surface area (Å²) in [5.41, 5.74) is 3.56. The lowest BCUT2D eigenvalue weighted by Gasteiger charge is -2.35. The highest BCUT2D eigenvalue weighted by Gasteiger charge is 2.29. The van der Waals surface area contributed by atoms with Crippen LogP contribution in [0.15, 0.2) is 55.0 Å². The topological polar surface area (TPSA) is 51.0 Å². The van der Waals surface area contributed by atoms with Crippen LogP contribution in [0, 0.1) is 0 Å². The van der Waals surface area contributed by atoms with Gasteiger partial charge < -0.3 is 4.90 Å². The Kier molecular flexibility index (Phi) is 4.94. The number of halogens is 1. The molecule has 6 heteroatoms. The monoisotopic (exact) mass is 380 g/mol. The van der Waals surface area contributed by atoms with E-state index in [2.05, 4.69) is 16.1 Å². The molecule has 0 aliphatic carbocycles. The van der Waals surface area contributed by atoms with Crippen molar-refractivity contribution in [1.29, 1.82) is 0 Å². The summed E-state index contributed by atoms with van der Waals surface area (Å²) < 4.78 is 1.66. The summed E-state index contributed by atoms with van der Waals surface area (Å²) in [5, 5.41) is 4.82. The lowest BCUT2D eigenvalue weighted by Crippen LogP contribution is -2.38. The maximum Gasteiger partial charge on any atom is 0.257 e. The van der Waals surface area contributed by atoms with E-state index in [0.29, 0.717) is 10.6 Å². The number of hydrogen-bond donors (Lipinski definition) is 0. The Morgan fingerprint density at radius 1 is 1.19 bits per heavy atom. The van der Waals surface area contributed by atoms with Crippen molar-refractivity contribution in [3.8, 4) is 11.3 Å². The molecule has 2 aromatic heterocycles. The molecule has 0 radical (unpaired) electrons. The van der Waals surface area contributed by atoms with E-state index in [1.807, 2.05) is 48.5 Å². The van der Waals surface area contributed by atoms with Gasteiger partial charge in [-0.25, -0.2) is 0 Å². The standard InChI is InChI=1S/C21H21ClN4O/c1-25-14-17(13-24-25)21(27)26-10-3-2-7-20(26)16-8-9-19(23-12-16)15-5-4-6-18(22)11-15/h4-6,8-9,11-14,20H,2-3,7,10H2,1H3/t20-/m0/s1. The van der Waals surface area contributed by atoms with Gasteiger partial charge in [0.2, 0.25) is 0 Å². The highest BCUT2D eigenvalue weighted by atomic mass is 35.5. The van der Waals surface area contributed by atoms with Crippen molar-refractivity contribution in [2.75, 3.05) is 6.54 Å². The molecule has 1 aliphatic heterocycles. The summed E-state index contributed by atoms with van der Waals surface area (Å²) in [5.74, 6) is 0.0340. The third-order valence-electron chi connectivity index (χ3n) is 5.01. The molecule has 3 aromatic rings. The van der Waals surface area contributed by atoms with E-state index in [1.54, 1.807) is 17.1 Å². The van der Waals surface area contributed by atoms with Crippen molar-refractivity contribution in [3.05, 3.63) is 71.1 Å². The number of rotatable bonds is 3. The normalized spacial score (nSPS) is 17.1. The number of carbonyl (C=O) groups is 1. The number of pyridine rings is 1. The zero-order valence-corrected chi connectivity index (χ0v) is 15.9. The second kappa shape index (κ2) is 7.53. The number of aromatic nitrogens is 3. The van der Waals surface area contributed by atoms with Gasteiger partial charge in [0.05, 0.1) is 23.5 Å². The van der Waals surface area contributed by atoms with Gasteiger partial charge in [-0.05, 0) is 43.0 Å². The van der Waals surface area contributed by atoms with Crippen LogP contribution in [0.1, 0.15) is 41.2 Å². The minimum absolute atomic E-state index is 0.0340. The molecule has 0 N–H and O–H groups in total. The van der Waals surface area contributed by atoms with E-state index in [1.165, 1.54) is 0 Å². The number of carbonyl (C=O) groups excluding carboxylic acids is 1. The molecule has 1 amide bonds. The Morgan fingerprint density at radius 2 is 2.07 bits per heavy atom. The number of amides is 1. The summed E-state index contributed by atoms with van der Waals surface area (Å²) in [7, 11) is 1.82. The van der Waals surface area contributed by atoms with E-state index < -0.39 is 0 Å². The van der Waals surface area contributed by atoms with Crippen LogP contribution >= 0.6 is 11.6 Å². The SMILES string of the molecule is Cn1cc(C(=O)N2CCCC[C@H]2c2ccc(-c3cccc(Cl)c3)nc2)cn1. The van der Waals surface area contributed by atoms with Crippen molar-refractivity contribution in [1.82, 2.24) is 19.7 Å². The van der Waals surface area contributed by atoms with Crippen LogP contribution in [-0.4, -0.2) is 32.1 Å². The Hall–Kier alpha value is -2.66. The fourth-order valence-corrected chi connectivity index (χ4v) is 3.83. The summed E-state index contributed by atoms with van der Waals surface area (Å²) in [6.45, 7) is 0.758. The van der Waals surface area contributed by atoms with Crippen molar-refractivity contribution in [2.45, 2.75) is 25.3 Å². The summed E-state index contributed by atoms with van der Waals surface area (Å²) in [6, 6.07) is 11.8. The van der Waals surface area contributed by atoms with Gasteiger partial charge >= 0.3 is 0 Å². The molecule has 0 spiro atoms. The lowest BCUT2D eigenvalue weighted by molar-refractivity contribution is 0.0611.